The molecular weight excluding hydrogens is 1260 g/mol. The van der Waals surface area contributed by atoms with E-state index in [-0.39, 0.29) is 85.1 Å². The normalized spacial score (nSPS) is 40.0. The number of aliphatic hydroxyl groups is 2. The zero-order valence-corrected chi connectivity index (χ0v) is 58.0. The van der Waals surface area contributed by atoms with Crippen LogP contribution >= 0.6 is 38.7 Å². The summed E-state index contributed by atoms with van der Waals surface area (Å²) in [5.74, 6) is -5.50. The van der Waals surface area contributed by atoms with Crippen LogP contribution in [0, 0.1) is 57.2 Å². The molecule has 15 nitrogen and oxygen atoms in total. The number of hydrogen-bond acceptors (Lipinski definition) is 15. The van der Waals surface area contributed by atoms with Gasteiger partial charge in [0.2, 0.25) is 10.2 Å². The third kappa shape index (κ3) is 13.4. The molecule has 512 valence electrons. The molecule has 23 heteroatoms. The largest absolute Gasteiger partial charge is 0.449 e. The van der Waals surface area contributed by atoms with Gasteiger partial charge < -0.3 is 29.5 Å². The van der Waals surface area contributed by atoms with Crippen molar-refractivity contribution in [2.75, 3.05) is 23.8 Å². The van der Waals surface area contributed by atoms with Crippen molar-refractivity contribution in [3.05, 3.63) is 47.6 Å². The Morgan fingerprint density at radius 2 is 0.857 bits per heavy atom. The maximum Gasteiger partial charge on any atom is 0.335 e. The minimum atomic E-state index is -4.32. The molecule has 6 fully saturated rings. The first-order valence-corrected chi connectivity index (χ1v) is 39.2. The summed E-state index contributed by atoms with van der Waals surface area (Å²) in [6, 6.07) is 0. The van der Waals surface area contributed by atoms with Crippen molar-refractivity contribution in [3.8, 4) is 0 Å². The molecule has 2 unspecified atom stereocenters. The van der Waals surface area contributed by atoms with Gasteiger partial charge in [-0.05, 0) is 125 Å². The lowest BCUT2D eigenvalue weighted by atomic mass is 9.44. The van der Waals surface area contributed by atoms with Gasteiger partial charge in [-0.1, -0.05) is 154 Å². The first kappa shape index (κ1) is 74.1. The Bertz CT molecular complexity index is 2790. The van der Waals surface area contributed by atoms with Gasteiger partial charge in [-0.2, -0.15) is 0 Å². The molecule has 8 rings (SSSR count). The second-order valence-electron chi connectivity index (χ2n) is 28.9. The second kappa shape index (κ2) is 28.8. The van der Waals surface area contributed by atoms with Crippen LogP contribution in [0.25, 0.3) is 0 Å². The number of fused-ring (bicyclic) bond motifs is 10. The van der Waals surface area contributed by atoms with Crippen molar-refractivity contribution in [3.63, 3.8) is 0 Å². The number of aliphatic hydroxyl groups excluding tert-OH is 2. The number of rotatable bonds is 30. The molecule has 0 bridgehead atoms. The lowest BCUT2D eigenvalue weighted by molar-refractivity contribution is -0.228. The molecule has 0 aromatic carbocycles. The number of ketones is 2. The van der Waals surface area contributed by atoms with Crippen molar-refractivity contribution in [1.82, 2.24) is 0 Å². The van der Waals surface area contributed by atoms with Crippen LogP contribution in [0.5, 0.6) is 0 Å². The van der Waals surface area contributed by atoms with Crippen molar-refractivity contribution in [1.29, 1.82) is 0 Å². The molecule has 0 aromatic heterocycles. The number of thioether (sulfide) groups is 2. The molecule has 0 heterocycles. The van der Waals surface area contributed by atoms with E-state index in [2.05, 4.69) is 0 Å². The summed E-state index contributed by atoms with van der Waals surface area (Å²) in [6.07, 6.45) is 11.7. The monoisotopic (exact) mass is 1360 g/mol. The minimum absolute atomic E-state index is 0.000269. The Balaban J connectivity index is 0.683. The molecule has 0 saturated heterocycles. The van der Waals surface area contributed by atoms with Crippen LogP contribution in [-0.2, 0) is 51.7 Å². The van der Waals surface area contributed by atoms with Crippen LogP contribution in [0.3, 0.4) is 0 Å². The highest BCUT2D eigenvalue weighted by Crippen LogP contribution is 2.74. The number of halogens is 4. The topological polar surface area (TPSA) is 245 Å². The van der Waals surface area contributed by atoms with E-state index in [9.17, 15) is 57.9 Å². The van der Waals surface area contributed by atoms with E-state index in [1.165, 1.54) is 38.2 Å². The van der Waals surface area contributed by atoms with Gasteiger partial charge >= 0.3 is 27.1 Å². The molecule has 0 aromatic rings. The van der Waals surface area contributed by atoms with E-state index in [1.807, 2.05) is 13.8 Å². The zero-order valence-electron chi connectivity index (χ0n) is 54.5. The van der Waals surface area contributed by atoms with Crippen LogP contribution < -0.4 is 0 Å². The average Bonchev–Trinajstić information content (AvgIpc) is 1.64. The third-order valence-corrected chi connectivity index (χ3v) is 29.4. The maximum atomic E-state index is 17.8. The SMILES string of the molecule is CCC(=O)O[C@]1(C(=O)SCCCCCCCCCCP(=O)(O)OP(=O)(O)CCCCCCCCCCSC(=O)[C@@]2(OC(=O)CC)[C@H](C)C[C@H]3[C@@H]4C[C@H](F)C5=CC(=O)C=C[C@]5(C)[C@@]4(F)[C@@H](O)C[C@@]32C)[C@H](C)C[C@H]2[C@@H]3C[C@H](F)C4=CC(=O)C=C[C@]4(C)[C@@]3(F)[C@@H](O)C[C@@]21C. The molecule has 0 aliphatic heterocycles. The Morgan fingerprint density at radius 1 is 0.538 bits per heavy atom. The van der Waals surface area contributed by atoms with Gasteiger partial charge in [0, 0.05) is 69.7 Å². The van der Waals surface area contributed by atoms with Crippen LogP contribution in [0.1, 0.15) is 209 Å². The molecule has 8 aliphatic rings. The van der Waals surface area contributed by atoms with Crippen LogP contribution in [-0.4, -0.2) is 125 Å². The average molecular weight is 1360 g/mol. The fraction of sp³-hybridized carbons (Fsp3) is 0.794. The number of carbonyl (C=O) groups excluding carboxylic acids is 6. The molecular formula is C68H100F4O15P2S2. The fourth-order valence-corrected chi connectivity index (χ4v) is 24.7. The van der Waals surface area contributed by atoms with Crippen molar-refractivity contribution >= 4 is 72.5 Å². The van der Waals surface area contributed by atoms with Gasteiger partial charge in [-0.25, -0.2) is 21.9 Å². The number of esters is 2. The number of allylic oxidation sites excluding steroid dienone is 8. The Morgan fingerprint density at radius 3 is 1.19 bits per heavy atom. The Labute approximate surface area is 544 Å². The van der Waals surface area contributed by atoms with Crippen LogP contribution in [0.15, 0.2) is 47.6 Å². The quantitative estimate of drug-likeness (QED) is 0.0226. The van der Waals surface area contributed by atoms with Crippen LogP contribution in [0.2, 0.25) is 0 Å². The predicted octanol–water partition coefficient (Wildman–Crippen LogP) is 14.6. The Hall–Kier alpha value is -2.74. The predicted molar refractivity (Wildman–Crippen MR) is 344 cm³/mol. The van der Waals surface area contributed by atoms with Gasteiger partial charge in [-0.15, -0.1) is 0 Å². The van der Waals surface area contributed by atoms with E-state index < -0.39 is 143 Å². The van der Waals surface area contributed by atoms with Gasteiger partial charge in [0.1, 0.15) is 12.3 Å². The molecule has 0 radical (unpaired) electrons. The van der Waals surface area contributed by atoms with Crippen molar-refractivity contribution in [2.45, 2.75) is 257 Å². The standard InChI is InChI=1S/C68H100F4O15P2S2/c1-9-57(77)85-67(43(3)35-47-49-39-53(69)51-37-45(73)27-29-61(51,5)65(49,71)55(75)41-63(47,67)7)59(79)90-33-25-21-17-13-11-15-19-23-31-88(81,82)87-89(83,84)32-24-20-16-12-14-18-22-26-34-91-60(80)68(86-58(78)10-2)44(4)36-48-50-40-54(70)52-38-46(74)28-30-62(52,6)66(50,72)56(76)42-64(48,68)8/h27-30,37-38,43-44,47-50,53-56,75-76H,9-26,31-36,39-42H2,1-8H3,(H,81,82)(H,83,84)/t43-,44-,47+,48+,49+,50+,53+,54+,55+,56+,61+,62+,63+,64+,65+,66+,67+,68+/m1/s1. The molecule has 8 aliphatic carbocycles. The van der Waals surface area contributed by atoms with E-state index >= 15 is 17.6 Å². The number of alkyl halides is 4. The summed E-state index contributed by atoms with van der Waals surface area (Å²) < 4.78 is 111. The summed E-state index contributed by atoms with van der Waals surface area (Å²) >= 11 is 2.14. The summed E-state index contributed by atoms with van der Waals surface area (Å²) in [5, 5.41) is 23.0. The molecule has 6 saturated carbocycles. The highest BCUT2D eigenvalue weighted by Gasteiger charge is 2.80. The number of ether oxygens (including phenoxy) is 2. The van der Waals surface area contributed by atoms with Crippen molar-refractivity contribution < 1.29 is 89.2 Å². The van der Waals surface area contributed by atoms with Gasteiger partial charge in [-0.3, -0.25) is 37.9 Å². The lowest BCUT2D eigenvalue weighted by Gasteiger charge is -2.63. The van der Waals surface area contributed by atoms with Gasteiger partial charge in [0.25, 0.3) is 0 Å². The van der Waals surface area contributed by atoms with E-state index in [4.69, 9.17) is 13.8 Å². The summed E-state index contributed by atoms with van der Waals surface area (Å²) in [4.78, 5) is 101. The molecule has 4 N–H and O–H groups in total. The lowest BCUT2D eigenvalue weighted by Crippen LogP contribution is -2.70. The number of hydrogen-bond donors (Lipinski definition) is 4. The molecule has 91 heavy (non-hydrogen) atoms. The number of carbonyl (C=O) groups is 6. The molecule has 0 amide bonds. The van der Waals surface area contributed by atoms with Crippen LogP contribution in [0.4, 0.5) is 17.6 Å². The molecule has 0 spiro atoms. The number of unbranched alkanes of at least 4 members (excludes halogenated alkanes) is 14. The smallest absolute Gasteiger partial charge is 0.335 e. The summed E-state index contributed by atoms with van der Waals surface area (Å²) in [7, 11) is -8.64. The second-order valence-corrected chi connectivity index (χ2v) is 35.1. The highest BCUT2D eigenvalue weighted by molar-refractivity contribution is 8.14. The minimum Gasteiger partial charge on any atom is -0.449 e. The highest BCUT2D eigenvalue weighted by atomic mass is 32.2. The fourth-order valence-electron chi connectivity index (χ4n) is 18.7. The van der Waals surface area contributed by atoms with Gasteiger partial charge in [0.05, 0.1) is 24.5 Å². The first-order valence-electron chi connectivity index (χ1n) is 33.7. The van der Waals surface area contributed by atoms with Gasteiger partial charge in [0.15, 0.2) is 34.1 Å². The first-order chi connectivity index (χ1) is 42.7. The zero-order chi connectivity index (χ0) is 67.0. The van der Waals surface area contributed by atoms with Crippen molar-refractivity contribution in [2.24, 2.45) is 57.2 Å². The van der Waals surface area contributed by atoms with E-state index in [1.54, 1.807) is 27.7 Å². The maximum absolute atomic E-state index is 17.8. The van der Waals surface area contributed by atoms with E-state index in [0.29, 0.717) is 50.0 Å². The Kier molecular flexibility index (Phi) is 23.4. The molecule has 20 atom stereocenters. The summed E-state index contributed by atoms with van der Waals surface area (Å²) in [6.45, 7) is 13.5. The third-order valence-electron chi connectivity index (χ3n) is 23.5. The summed E-state index contributed by atoms with van der Waals surface area (Å²) in [5.41, 5.74) is -13.5. The van der Waals surface area contributed by atoms with E-state index in [0.717, 1.165) is 99.9 Å².